The molecule has 0 aromatic heterocycles. The van der Waals surface area contributed by atoms with Gasteiger partial charge >= 0.3 is 11.9 Å². The molecule has 39 heavy (non-hydrogen) atoms. The van der Waals surface area contributed by atoms with E-state index in [9.17, 15) is 9.59 Å². The maximum absolute atomic E-state index is 12.8. The first-order valence-electron chi connectivity index (χ1n) is 14.0. The van der Waals surface area contributed by atoms with Crippen LogP contribution in [-0.2, 0) is 9.53 Å². The van der Waals surface area contributed by atoms with Gasteiger partial charge in [-0.05, 0) is 61.7 Å². The van der Waals surface area contributed by atoms with Crippen molar-refractivity contribution in [1.82, 2.24) is 0 Å². The van der Waals surface area contributed by atoms with Gasteiger partial charge in [0.2, 0.25) is 0 Å². The summed E-state index contributed by atoms with van der Waals surface area (Å²) in [6, 6.07) is 22.9. The molecule has 0 aliphatic heterocycles. The smallest absolute Gasteiger partial charge is 0.343 e. The number of esters is 2. The lowest BCUT2D eigenvalue weighted by Gasteiger charge is -2.12. The highest BCUT2D eigenvalue weighted by Crippen LogP contribution is 2.31. The Labute approximate surface area is 232 Å². The van der Waals surface area contributed by atoms with Crippen LogP contribution in [0.25, 0.3) is 11.1 Å². The number of unbranched alkanes of at least 4 members (excludes halogenated alkanes) is 8. The minimum Gasteiger partial charge on any atom is -0.494 e. The van der Waals surface area contributed by atoms with E-state index < -0.39 is 5.97 Å². The van der Waals surface area contributed by atoms with Gasteiger partial charge in [0.1, 0.15) is 11.5 Å². The van der Waals surface area contributed by atoms with Crippen molar-refractivity contribution in [2.45, 2.75) is 64.7 Å². The van der Waals surface area contributed by atoms with Crippen LogP contribution in [0.1, 0.15) is 73.7 Å². The number of carbonyl (C=O) groups excluding carboxylic acids is 2. The minimum absolute atomic E-state index is 0.340. The summed E-state index contributed by atoms with van der Waals surface area (Å²) in [4.78, 5) is 23.8. The van der Waals surface area contributed by atoms with E-state index in [-0.39, 0.29) is 5.97 Å². The van der Waals surface area contributed by atoms with Crippen molar-refractivity contribution in [3.8, 4) is 22.6 Å². The van der Waals surface area contributed by atoms with Crippen molar-refractivity contribution in [2.75, 3.05) is 13.2 Å². The van der Waals surface area contributed by atoms with E-state index in [0.717, 1.165) is 48.1 Å². The number of aryl methyl sites for hydroxylation is 1. The molecule has 5 heteroatoms. The van der Waals surface area contributed by atoms with Crippen molar-refractivity contribution in [2.24, 2.45) is 0 Å². The quantitative estimate of drug-likeness (QED) is 0.0761. The van der Waals surface area contributed by atoms with Gasteiger partial charge in [-0.1, -0.05) is 93.5 Å². The zero-order valence-electron chi connectivity index (χ0n) is 23.0. The van der Waals surface area contributed by atoms with Crippen molar-refractivity contribution in [3.05, 3.63) is 96.6 Å². The topological polar surface area (TPSA) is 61.8 Å². The van der Waals surface area contributed by atoms with E-state index in [0.29, 0.717) is 24.5 Å². The predicted octanol–water partition coefficient (Wildman–Crippen LogP) is 8.50. The molecule has 3 aromatic carbocycles. The number of rotatable bonds is 17. The highest BCUT2D eigenvalue weighted by atomic mass is 16.5. The van der Waals surface area contributed by atoms with Crippen molar-refractivity contribution < 1.29 is 23.8 Å². The first-order chi connectivity index (χ1) is 19.1. The third-order valence-electron chi connectivity index (χ3n) is 6.48. The fourth-order valence-electron chi connectivity index (χ4n) is 4.29. The zero-order chi connectivity index (χ0) is 27.7. The van der Waals surface area contributed by atoms with Crippen LogP contribution in [0.4, 0.5) is 0 Å². The lowest BCUT2D eigenvalue weighted by Crippen LogP contribution is -2.09. The minimum atomic E-state index is -0.390. The van der Waals surface area contributed by atoms with Crippen LogP contribution in [-0.4, -0.2) is 25.2 Å². The van der Waals surface area contributed by atoms with Crippen molar-refractivity contribution in [1.29, 1.82) is 0 Å². The first-order valence-corrected chi connectivity index (χ1v) is 14.0. The molecule has 0 amide bonds. The molecular weight excluding hydrogens is 488 g/mol. The molecule has 0 heterocycles. The molecule has 0 radical (unpaired) electrons. The molecule has 0 N–H and O–H groups in total. The summed E-state index contributed by atoms with van der Waals surface area (Å²) >= 11 is 0. The Bertz CT molecular complexity index is 1170. The maximum Gasteiger partial charge on any atom is 0.343 e. The van der Waals surface area contributed by atoms with Crippen LogP contribution in [0.3, 0.4) is 0 Å². The molecule has 0 saturated heterocycles. The first kappa shape index (κ1) is 29.7. The average Bonchev–Trinajstić information content (AvgIpc) is 2.97. The van der Waals surface area contributed by atoms with Crippen LogP contribution in [0.15, 0.2) is 85.5 Å². The van der Waals surface area contributed by atoms with Gasteiger partial charge in [0.15, 0.2) is 0 Å². The Morgan fingerprint density at radius 1 is 0.744 bits per heavy atom. The molecule has 0 saturated carbocycles. The summed E-state index contributed by atoms with van der Waals surface area (Å²) in [7, 11) is 0. The second kappa shape index (κ2) is 16.9. The second-order valence-corrected chi connectivity index (χ2v) is 9.68. The van der Waals surface area contributed by atoms with Gasteiger partial charge < -0.3 is 14.2 Å². The normalized spacial score (nSPS) is 10.6. The van der Waals surface area contributed by atoms with Crippen LogP contribution in [0.2, 0.25) is 0 Å². The highest BCUT2D eigenvalue weighted by Gasteiger charge is 2.13. The van der Waals surface area contributed by atoms with E-state index in [1.807, 2.05) is 67.6 Å². The van der Waals surface area contributed by atoms with Crippen molar-refractivity contribution >= 4 is 11.9 Å². The highest BCUT2D eigenvalue weighted by molar-refractivity contribution is 5.92. The third kappa shape index (κ3) is 10.8. The molecule has 0 spiro atoms. The molecule has 3 aromatic rings. The van der Waals surface area contributed by atoms with Gasteiger partial charge in [-0.3, -0.25) is 0 Å². The van der Waals surface area contributed by atoms with Crippen LogP contribution >= 0.6 is 0 Å². The molecule has 0 fully saturated rings. The zero-order valence-corrected chi connectivity index (χ0v) is 23.0. The van der Waals surface area contributed by atoms with Gasteiger partial charge in [-0.25, -0.2) is 9.59 Å². The molecule has 5 nitrogen and oxygen atoms in total. The number of carbonyl (C=O) groups is 2. The summed E-state index contributed by atoms with van der Waals surface area (Å²) in [6.07, 6.45) is 11.4. The second-order valence-electron chi connectivity index (χ2n) is 9.68. The number of ether oxygens (including phenoxy) is 3. The van der Waals surface area contributed by atoms with E-state index >= 15 is 0 Å². The lowest BCUT2D eigenvalue weighted by atomic mass is 10.0. The summed E-state index contributed by atoms with van der Waals surface area (Å²) < 4.78 is 16.6. The molecule has 0 aliphatic carbocycles. The van der Waals surface area contributed by atoms with Gasteiger partial charge in [0.05, 0.1) is 18.8 Å². The van der Waals surface area contributed by atoms with Gasteiger partial charge in [0.25, 0.3) is 0 Å². The largest absolute Gasteiger partial charge is 0.494 e. The maximum atomic E-state index is 12.8. The molecule has 0 unspecified atom stereocenters. The molecule has 0 bridgehead atoms. The number of hydrogen-bond acceptors (Lipinski definition) is 5. The summed E-state index contributed by atoms with van der Waals surface area (Å²) in [5, 5.41) is 0. The summed E-state index contributed by atoms with van der Waals surface area (Å²) in [6.45, 7) is 6.56. The molecule has 0 aliphatic rings. The molecule has 3 rings (SSSR count). The predicted molar refractivity (Wildman–Crippen MR) is 156 cm³/mol. The van der Waals surface area contributed by atoms with Crippen LogP contribution in [0.5, 0.6) is 11.5 Å². The monoisotopic (exact) mass is 528 g/mol. The Morgan fingerprint density at radius 3 is 2.00 bits per heavy atom. The Hall–Kier alpha value is -3.86. The average molecular weight is 529 g/mol. The Kier molecular flexibility index (Phi) is 12.8. The van der Waals surface area contributed by atoms with Crippen LogP contribution in [0, 0.1) is 6.92 Å². The van der Waals surface area contributed by atoms with E-state index in [2.05, 4.69) is 6.58 Å². The molecular formula is C34H40O5. The van der Waals surface area contributed by atoms with E-state index in [1.165, 1.54) is 38.2 Å². The molecule has 206 valence electrons. The van der Waals surface area contributed by atoms with Crippen molar-refractivity contribution in [3.63, 3.8) is 0 Å². The molecule has 0 atom stereocenters. The number of benzene rings is 3. The Morgan fingerprint density at radius 2 is 1.36 bits per heavy atom. The Balaban J connectivity index is 1.30. The number of hydrogen-bond donors (Lipinski definition) is 0. The van der Waals surface area contributed by atoms with E-state index in [4.69, 9.17) is 14.2 Å². The van der Waals surface area contributed by atoms with Gasteiger partial charge in [-0.15, -0.1) is 0 Å². The van der Waals surface area contributed by atoms with Gasteiger partial charge in [-0.2, -0.15) is 0 Å². The van der Waals surface area contributed by atoms with E-state index in [1.54, 1.807) is 12.1 Å². The van der Waals surface area contributed by atoms with Crippen LogP contribution < -0.4 is 9.47 Å². The van der Waals surface area contributed by atoms with Gasteiger partial charge in [0, 0.05) is 11.6 Å². The fraction of sp³-hybridized carbons (Fsp3) is 0.353. The summed E-state index contributed by atoms with van der Waals surface area (Å²) in [5.41, 5.74) is 3.49. The third-order valence-corrected chi connectivity index (χ3v) is 6.48. The fourth-order valence-corrected chi connectivity index (χ4v) is 4.29. The SMILES string of the molecule is C=CC(=O)OCCCCCCCCCCCOc1ccc(C(=O)Oc2ccc(C)cc2-c2ccccc2)cc1. The summed E-state index contributed by atoms with van der Waals surface area (Å²) in [5.74, 6) is 0.570. The standard InChI is InChI=1S/C34H40O5/c1-3-33(35)38-25-15-10-8-6-4-5-7-9-14-24-37-30-21-19-29(20-22-30)34(36)39-32-23-18-27(2)26-31(32)28-16-12-11-13-17-28/h3,11-13,16-23,26H,1,4-10,14-15,24-25H2,2H3. The lowest BCUT2D eigenvalue weighted by molar-refractivity contribution is -0.137.